The van der Waals surface area contributed by atoms with Crippen molar-refractivity contribution in [1.29, 1.82) is 0 Å². The highest BCUT2D eigenvalue weighted by Crippen LogP contribution is 2.26. The van der Waals surface area contributed by atoms with Gasteiger partial charge in [0.2, 0.25) is 11.8 Å². The Hall–Kier alpha value is -3.17. The van der Waals surface area contributed by atoms with Crippen LogP contribution in [0.2, 0.25) is 0 Å². The number of aryl methyl sites for hydroxylation is 1. The third kappa shape index (κ3) is 7.68. The molecule has 2 amide bonds. The van der Waals surface area contributed by atoms with Crippen LogP contribution in [0.3, 0.4) is 0 Å². The van der Waals surface area contributed by atoms with Crippen LogP contribution in [0.4, 0.5) is 5.69 Å². The second-order valence-corrected chi connectivity index (χ2v) is 13.0. The molecule has 7 nitrogen and oxygen atoms in total. The van der Waals surface area contributed by atoms with Crippen molar-refractivity contribution in [2.75, 3.05) is 10.8 Å². The number of nitrogens with one attached hydrogen (secondary N) is 1. The molecule has 0 fully saturated rings. The molecule has 0 unspecified atom stereocenters. The first-order valence-corrected chi connectivity index (χ1v) is 14.5. The van der Waals surface area contributed by atoms with E-state index in [-0.39, 0.29) is 17.3 Å². The van der Waals surface area contributed by atoms with Gasteiger partial charge in [-0.05, 0) is 76.6 Å². The van der Waals surface area contributed by atoms with Crippen LogP contribution in [0, 0.1) is 6.92 Å². The van der Waals surface area contributed by atoms with Gasteiger partial charge in [-0.3, -0.25) is 13.9 Å². The van der Waals surface area contributed by atoms with Crippen molar-refractivity contribution < 1.29 is 18.0 Å². The lowest BCUT2D eigenvalue weighted by molar-refractivity contribution is -0.140. The predicted molar refractivity (Wildman–Crippen MR) is 154 cm³/mol. The summed E-state index contributed by atoms with van der Waals surface area (Å²) in [7, 11) is -4.08. The number of anilines is 1. The monoisotopic (exact) mass is 599 g/mol. The Balaban J connectivity index is 2.02. The number of nitrogens with zero attached hydrogens (tertiary/aromatic N) is 2. The number of sulfonamides is 1. The van der Waals surface area contributed by atoms with Crippen LogP contribution in [-0.4, -0.2) is 43.3 Å². The van der Waals surface area contributed by atoms with Gasteiger partial charge in [0.05, 0.1) is 10.6 Å². The summed E-state index contributed by atoms with van der Waals surface area (Å²) in [6.07, 6.45) is 0. The molecule has 3 aromatic carbocycles. The van der Waals surface area contributed by atoms with E-state index in [1.165, 1.54) is 17.0 Å². The molecule has 3 aromatic rings. The summed E-state index contributed by atoms with van der Waals surface area (Å²) in [6.45, 7) is 8.89. The molecule has 0 spiro atoms. The van der Waals surface area contributed by atoms with Crippen molar-refractivity contribution >= 4 is 43.5 Å². The smallest absolute Gasteiger partial charge is 0.264 e. The van der Waals surface area contributed by atoms with Gasteiger partial charge in [0.1, 0.15) is 12.6 Å². The minimum Gasteiger partial charge on any atom is -0.350 e. The largest absolute Gasteiger partial charge is 0.350 e. The standard InChI is InChI=1S/C29H34BrN3O4S/c1-21-10-9-11-23(18-21)19-32(22(2)28(35)31-29(3,4)5)27(34)20-33(25-16-14-24(30)15-17-25)38(36,37)26-12-7-6-8-13-26/h6-18,22H,19-20H2,1-5H3,(H,31,35)/t22-/m0/s1. The number of hydrogen-bond acceptors (Lipinski definition) is 4. The zero-order valence-electron chi connectivity index (χ0n) is 22.3. The first kappa shape index (κ1) is 29.4. The maximum atomic E-state index is 13.9. The van der Waals surface area contributed by atoms with Crippen LogP contribution in [0.15, 0.2) is 88.2 Å². The van der Waals surface area contributed by atoms with Crippen molar-refractivity contribution in [2.45, 2.75) is 57.6 Å². The van der Waals surface area contributed by atoms with E-state index in [9.17, 15) is 18.0 Å². The molecule has 0 saturated heterocycles. The van der Waals surface area contributed by atoms with E-state index in [0.29, 0.717) is 5.69 Å². The molecule has 202 valence electrons. The highest BCUT2D eigenvalue weighted by Gasteiger charge is 2.33. The van der Waals surface area contributed by atoms with Crippen molar-refractivity contribution in [3.05, 3.63) is 94.5 Å². The Bertz CT molecular complexity index is 1370. The summed E-state index contributed by atoms with van der Waals surface area (Å²) in [4.78, 5) is 28.5. The normalized spacial score (nSPS) is 12.5. The lowest BCUT2D eigenvalue weighted by Crippen LogP contribution is -2.54. The third-order valence-electron chi connectivity index (χ3n) is 5.83. The number of benzene rings is 3. The van der Waals surface area contributed by atoms with E-state index in [1.807, 2.05) is 52.0 Å². The average Bonchev–Trinajstić information content (AvgIpc) is 2.85. The fourth-order valence-corrected chi connectivity index (χ4v) is 5.62. The molecular weight excluding hydrogens is 566 g/mol. The summed E-state index contributed by atoms with van der Waals surface area (Å²) in [5.41, 5.74) is 1.70. The zero-order valence-corrected chi connectivity index (χ0v) is 24.7. The van der Waals surface area contributed by atoms with Crippen molar-refractivity contribution in [1.82, 2.24) is 10.2 Å². The number of carbonyl (C=O) groups is 2. The van der Waals surface area contributed by atoms with Crippen LogP contribution >= 0.6 is 15.9 Å². The van der Waals surface area contributed by atoms with Gasteiger partial charge in [-0.15, -0.1) is 0 Å². The number of halogens is 1. The van der Waals surface area contributed by atoms with E-state index in [2.05, 4.69) is 21.2 Å². The fraction of sp³-hybridized carbons (Fsp3) is 0.310. The van der Waals surface area contributed by atoms with Gasteiger partial charge in [-0.25, -0.2) is 8.42 Å². The van der Waals surface area contributed by atoms with Crippen molar-refractivity contribution in [3.63, 3.8) is 0 Å². The molecule has 0 aromatic heterocycles. The minimum atomic E-state index is -4.08. The highest BCUT2D eigenvalue weighted by atomic mass is 79.9. The summed E-state index contributed by atoms with van der Waals surface area (Å²) in [6, 6.07) is 21.5. The minimum absolute atomic E-state index is 0.0690. The maximum Gasteiger partial charge on any atom is 0.264 e. The van der Waals surface area contributed by atoms with Gasteiger partial charge in [-0.1, -0.05) is 64.0 Å². The van der Waals surface area contributed by atoms with E-state index in [0.717, 1.165) is 19.9 Å². The number of rotatable bonds is 9. The predicted octanol–water partition coefficient (Wildman–Crippen LogP) is 5.28. The molecule has 0 aliphatic heterocycles. The van der Waals surface area contributed by atoms with Crippen LogP contribution in [0.5, 0.6) is 0 Å². The van der Waals surface area contributed by atoms with Gasteiger partial charge >= 0.3 is 0 Å². The van der Waals surface area contributed by atoms with Crippen LogP contribution in [0.25, 0.3) is 0 Å². The number of hydrogen-bond donors (Lipinski definition) is 1. The Morgan fingerprint density at radius 2 is 1.58 bits per heavy atom. The van der Waals surface area contributed by atoms with E-state index >= 15 is 0 Å². The molecule has 0 bridgehead atoms. The molecule has 1 atom stereocenters. The van der Waals surface area contributed by atoms with Crippen LogP contribution in [-0.2, 0) is 26.2 Å². The summed E-state index contributed by atoms with van der Waals surface area (Å²) in [5, 5.41) is 2.93. The second kappa shape index (κ2) is 12.1. The molecule has 38 heavy (non-hydrogen) atoms. The second-order valence-electron chi connectivity index (χ2n) is 10.2. The van der Waals surface area contributed by atoms with Gasteiger partial charge < -0.3 is 10.2 Å². The molecule has 0 aliphatic carbocycles. The third-order valence-corrected chi connectivity index (χ3v) is 8.14. The molecule has 0 aliphatic rings. The molecule has 9 heteroatoms. The first-order chi connectivity index (χ1) is 17.8. The van der Waals surface area contributed by atoms with Crippen molar-refractivity contribution in [3.8, 4) is 0 Å². The van der Waals surface area contributed by atoms with E-state index in [1.54, 1.807) is 49.4 Å². The molecule has 0 heterocycles. The van der Waals surface area contributed by atoms with Crippen molar-refractivity contribution in [2.24, 2.45) is 0 Å². The molecular formula is C29H34BrN3O4S. The SMILES string of the molecule is Cc1cccc(CN(C(=O)CN(c2ccc(Br)cc2)S(=O)(=O)c2ccccc2)[C@@H](C)C(=O)NC(C)(C)C)c1. The Kier molecular flexibility index (Phi) is 9.38. The summed E-state index contributed by atoms with van der Waals surface area (Å²) < 4.78 is 29.3. The van der Waals surface area contributed by atoms with Gasteiger partial charge in [0.15, 0.2) is 0 Å². The van der Waals surface area contributed by atoms with Gasteiger partial charge in [-0.2, -0.15) is 0 Å². The zero-order chi connectivity index (χ0) is 28.1. The molecule has 0 radical (unpaired) electrons. The van der Waals surface area contributed by atoms with E-state index in [4.69, 9.17) is 0 Å². The quantitative estimate of drug-likeness (QED) is 0.362. The lowest BCUT2D eigenvalue weighted by Gasteiger charge is -2.33. The fourth-order valence-electron chi connectivity index (χ4n) is 3.92. The summed E-state index contributed by atoms with van der Waals surface area (Å²) >= 11 is 3.38. The van der Waals surface area contributed by atoms with Gasteiger partial charge in [0.25, 0.3) is 10.0 Å². The van der Waals surface area contributed by atoms with Crippen LogP contribution in [0.1, 0.15) is 38.8 Å². The Morgan fingerprint density at radius 3 is 2.16 bits per heavy atom. The average molecular weight is 601 g/mol. The topological polar surface area (TPSA) is 86.8 Å². The summed E-state index contributed by atoms with van der Waals surface area (Å²) in [5.74, 6) is -0.815. The molecule has 1 N–H and O–H groups in total. The maximum absolute atomic E-state index is 13.9. The number of carbonyl (C=O) groups excluding carboxylic acids is 2. The Morgan fingerprint density at radius 1 is 0.947 bits per heavy atom. The molecule has 3 rings (SSSR count). The van der Waals surface area contributed by atoms with Crippen LogP contribution < -0.4 is 9.62 Å². The Labute approximate surface area is 234 Å². The lowest BCUT2D eigenvalue weighted by atomic mass is 10.1. The van der Waals surface area contributed by atoms with E-state index < -0.39 is 34.1 Å². The van der Waals surface area contributed by atoms with Gasteiger partial charge in [0, 0.05) is 16.6 Å². The highest BCUT2D eigenvalue weighted by molar-refractivity contribution is 9.10. The molecule has 0 saturated carbocycles. The number of amides is 2. The first-order valence-electron chi connectivity index (χ1n) is 12.3.